The van der Waals surface area contributed by atoms with Crippen molar-refractivity contribution >= 4 is 18.4 Å². The lowest BCUT2D eigenvalue weighted by molar-refractivity contribution is -0.167. The van der Waals surface area contributed by atoms with E-state index in [0.29, 0.717) is 11.1 Å². The van der Waals surface area contributed by atoms with Crippen LogP contribution in [0.4, 0.5) is 0 Å². The summed E-state index contributed by atoms with van der Waals surface area (Å²) in [5, 5.41) is 11.3. The molecular formula is C20H24ClNO3. The predicted molar refractivity (Wildman–Crippen MR) is 99.7 cm³/mol. The van der Waals surface area contributed by atoms with Crippen LogP contribution >= 0.6 is 12.4 Å². The molecule has 0 spiro atoms. The average Bonchev–Trinajstić information content (AvgIpc) is 3.10. The Labute approximate surface area is 154 Å². The molecule has 3 rings (SSSR count). The molecule has 0 aromatic heterocycles. The van der Waals surface area contributed by atoms with Crippen LogP contribution in [-0.2, 0) is 15.1 Å². The minimum atomic E-state index is -1.79. The highest BCUT2D eigenvalue weighted by Gasteiger charge is 2.43. The molecule has 1 unspecified atom stereocenters. The first-order valence-electron chi connectivity index (χ1n) is 8.41. The molecule has 0 saturated carbocycles. The maximum absolute atomic E-state index is 12.9. The smallest absolute Gasteiger partial charge is 0.348 e. The van der Waals surface area contributed by atoms with Crippen molar-refractivity contribution in [2.45, 2.75) is 25.0 Å². The van der Waals surface area contributed by atoms with Gasteiger partial charge in [0.2, 0.25) is 5.60 Å². The molecule has 1 fully saturated rings. The summed E-state index contributed by atoms with van der Waals surface area (Å²) in [6, 6.07) is 18.0. The van der Waals surface area contributed by atoms with Crippen molar-refractivity contribution in [2.75, 3.05) is 19.6 Å². The molecule has 0 radical (unpaired) electrons. The van der Waals surface area contributed by atoms with Crippen molar-refractivity contribution in [3.63, 3.8) is 0 Å². The van der Waals surface area contributed by atoms with E-state index >= 15 is 0 Å². The molecule has 4 nitrogen and oxygen atoms in total. The molecule has 2 aromatic rings. The van der Waals surface area contributed by atoms with Gasteiger partial charge in [-0.25, -0.2) is 4.79 Å². The SMILES string of the molecule is CCN1CCC(OC(=O)C(O)(c2ccccc2)c2ccccc2)C1.Cl. The summed E-state index contributed by atoms with van der Waals surface area (Å²) in [6.07, 6.45) is 0.635. The molecule has 1 saturated heterocycles. The Kier molecular flexibility index (Phi) is 6.59. The maximum atomic E-state index is 12.9. The molecule has 0 amide bonds. The van der Waals surface area contributed by atoms with Crippen LogP contribution in [-0.4, -0.2) is 41.7 Å². The molecule has 0 bridgehead atoms. The number of aliphatic hydroxyl groups is 1. The van der Waals surface area contributed by atoms with Crippen LogP contribution in [0, 0.1) is 0 Å². The first kappa shape index (κ1) is 19.4. The van der Waals surface area contributed by atoms with Crippen LogP contribution in [0.1, 0.15) is 24.5 Å². The molecule has 2 aromatic carbocycles. The molecule has 1 atom stereocenters. The van der Waals surface area contributed by atoms with E-state index in [1.807, 2.05) is 36.4 Å². The molecule has 5 heteroatoms. The first-order valence-corrected chi connectivity index (χ1v) is 8.41. The third-order valence-corrected chi connectivity index (χ3v) is 4.63. The van der Waals surface area contributed by atoms with Gasteiger partial charge in [0.25, 0.3) is 0 Å². The van der Waals surface area contributed by atoms with Crippen molar-refractivity contribution in [1.29, 1.82) is 0 Å². The Morgan fingerprint density at radius 3 is 2.08 bits per heavy atom. The zero-order chi connectivity index (χ0) is 17.0. The van der Waals surface area contributed by atoms with Crippen molar-refractivity contribution in [1.82, 2.24) is 4.90 Å². The van der Waals surface area contributed by atoms with Crippen LogP contribution in [0.25, 0.3) is 0 Å². The summed E-state index contributed by atoms with van der Waals surface area (Å²) in [7, 11) is 0. The number of carbonyl (C=O) groups excluding carboxylic acids is 1. The average molecular weight is 362 g/mol. The number of nitrogens with zero attached hydrogens (tertiary/aromatic N) is 1. The highest BCUT2D eigenvalue weighted by Crippen LogP contribution is 2.32. The number of benzene rings is 2. The van der Waals surface area contributed by atoms with Crippen LogP contribution in [0.2, 0.25) is 0 Å². The van der Waals surface area contributed by atoms with Crippen LogP contribution in [0.15, 0.2) is 60.7 Å². The summed E-state index contributed by atoms with van der Waals surface area (Å²) in [4.78, 5) is 15.2. The van der Waals surface area contributed by atoms with Gasteiger partial charge < -0.3 is 9.84 Å². The van der Waals surface area contributed by atoms with E-state index in [1.54, 1.807) is 24.3 Å². The molecule has 0 aliphatic carbocycles. The Hall–Kier alpha value is -1.88. The maximum Gasteiger partial charge on any atom is 0.348 e. The van der Waals surface area contributed by atoms with E-state index in [2.05, 4.69) is 11.8 Å². The predicted octanol–water partition coefficient (Wildman–Crippen LogP) is 2.98. The van der Waals surface area contributed by atoms with Crippen LogP contribution in [0.3, 0.4) is 0 Å². The Morgan fingerprint density at radius 2 is 1.64 bits per heavy atom. The topological polar surface area (TPSA) is 49.8 Å². The quantitative estimate of drug-likeness (QED) is 0.832. The van der Waals surface area contributed by atoms with Gasteiger partial charge in [-0.2, -0.15) is 0 Å². The van der Waals surface area contributed by atoms with Gasteiger partial charge in [-0.15, -0.1) is 12.4 Å². The van der Waals surface area contributed by atoms with Gasteiger partial charge in [-0.05, 0) is 24.1 Å². The van der Waals surface area contributed by atoms with Gasteiger partial charge in [-0.3, -0.25) is 4.90 Å². The Bertz CT molecular complexity index is 638. The summed E-state index contributed by atoms with van der Waals surface area (Å²) in [6.45, 7) is 4.68. The summed E-state index contributed by atoms with van der Waals surface area (Å²) >= 11 is 0. The second-order valence-electron chi connectivity index (χ2n) is 6.15. The zero-order valence-electron chi connectivity index (χ0n) is 14.3. The van der Waals surface area contributed by atoms with Gasteiger partial charge >= 0.3 is 5.97 Å². The highest BCUT2D eigenvalue weighted by atomic mass is 35.5. The number of hydrogen-bond acceptors (Lipinski definition) is 4. The third kappa shape index (κ3) is 4.03. The highest BCUT2D eigenvalue weighted by molar-refractivity contribution is 5.86. The van der Waals surface area contributed by atoms with E-state index in [1.165, 1.54) is 0 Å². The lowest BCUT2D eigenvalue weighted by atomic mass is 9.86. The van der Waals surface area contributed by atoms with E-state index in [-0.39, 0.29) is 18.5 Å². The summed E-state index contributed by atoms with van der Waals surface area (Å²) < 4.78 is 5.69. The summed E-state index contributed by atoms with van der Waals surface area (Å²) in [5.74, 6) is -0.608. The molecule has 1 N–H and O–H groups in total. The number of halogens is 1. The molecule has 1 aliphatic heterocycles. The number of ether oxygens (including phenoxy) is 1. The standard InChI is InChI=1S/C20H23NO3.ClH/c1-2-21-14-13-18(15-21)24-19(22)20(23,16-9-5-3-6-10-16)17-11-7-4-8-12-17;/h3-12,18,23H,2,13-15H2,1H3;1H. The van der Waals surface area contributed by atoms with E-state index in [9.17, 15) is 9.90 Å². The van der Waals surface area contributed by atoms with E-state index in [4.69, 9.17) is 4.74 Å². The number of esters is 1. The summed E-state index contributed by atoms with van der Waals surface area (Å²) in [5.41, 5.74) is -0.750. The molecule has 1 aliphatic rings. The first-order chi connectivity index (χ1) is 11.6. The molecule has 134 valence electrons. The van der Waals surface area contributed by atoms with E-state index in [0.717, 1.165) is 26.1 Å². The number of carbonyl (C=O) groups is 1. The number of rotatable bonds is 5. The van der Waals surface area contributed by atoms with Gasteiger partial charge in [-0.1, -0.05) is 67.6 Å². The normalized spacial score (nSPS) is 17.8. The monoisotopic (exact) mass is 361 g/mol. The van der Waals surface area contributed by atoms with E-state index < -0.39 is 11.6 Å². The largest absolute Gasteiger partial charge is 0.458 e. The van der Waals surface area contributed by atoms with Crippen LogP contribution in [0.5, 0.6) is 0 Å². The fourth-order valence-electron chi connectivity index (χ4n) is 3.18. The lowest BCUT2D eigenvalue weighted by Gasteiger charge is -2.28. The number of likely N-dealkylation sites (N-methyl/N-ethyl adjacent to an activating group) is 1. The second-order valence-corrected chi connectivity index (χ2v) is 6.15. The van der Waals surface area contributed by atoms with Gasteiger partial charge in [0, 0.05) is 13.1 Å². The Balaban J connectivity index is 0.00000225. The van der Waals surface area contributed by atoms with Gasteiger partial charge in [0.05, 0.1) is 0 Å². The molecular weight excluding hydrogens is 338 g/mol. The second kappa shape index (κ2) is 8.48. The Morgan fingerprint density at radius 1 is 1.12 bits per heavy atom. The van der Waals surface area contributed by atoms with Crippen molar-refractivity contribution in [2.24, 2.45) is 0 Å². The van der Waals surface area contributed by atoms with Crippen molar-refractivity contribution < 1.29 is 14.6 Å². The minimum absolute atomic E-state index is 0. The van der Waals surface area contributed by atoms with Crippen LogP contribution < -0.4 is 0 Å². The fraction of sp³-hybridized carbons (Fsp3) is 0.350. The lowest BCUT2D eigenvalue weighted by Crippen LogP contribution is -2.41. The van der Waals surface area contributed by atoms with Crippen molar-refractivity contribution in [3.05, 3.63) is 71.8 Å². The number of hydrogen-bond donors (Lipinski definition) is 1. The number of likely N-dealkylation sites (tertiary alicyclic amines) is 1. The van der Waals surface area contributed by atoms with Gasteiger partial charge in [0.1, 0.15) is 6.10 Å². The van der Waals surface area contributed by atoms with Crippen molar-refractivity contribution in [3.8, 4) is 0 Å². The minimum Gasteiger partial charge on any atom is -0.458 e. The fourth-order valence-corrected chi connectivity index (χ4v) is 3.18. The van der Waals surface area contributed by atoms with Gasteiger partial charge in [0.15, 0.2) is 0 Å². The zero-order valence-corrected chi connectivity index (χ0v) is 15.1. The molecule has 1 heterocycles. The molecule has 25 heavy (non-hydrogen) atoms. The third-order valence-electron chi connectivity index (χ3n) is 4.63.